The molecular weight excluding hydrogens is 755 g/mol. The molecule has 15 nitrogen and oxygen atoms in total. The van der Waals surface area contributed by atoms with Crippen molar-refractivity contribution in [3.05, 3.63) is 63.6 Å². The predicted octanol–water partition coefficient (Wildman–Crippen LogP) is 5.15. The number of piperidine rings is 2. The molecule has 7 rings (SSSR count). The number of urea groups is 1. The van der Waals surface area contributed by atoms with E-state index in [1.807, 2.05) is 42.2 Å². The van der Waals surface area contributed by atoms with Gasteiger partial charge in [0.2, 0.25) is 0 Å². The molecule has 1 atom stereocenters. The summed E-state index contributed by atoms with van der Waals surface area (Å²) in [5, 5.41) is 3.05. The number of H-pyrrole nitrogens is 1. The lowest BCUT2D eigenvalue weighted by molar-refractivity contribution is -0.144. The maximum Gasteiger partial charge on any atom is 0.417 e. The third kappa shape index (κ3) is 10.8. The van der Waals surface area contributed by atoms with Gasteiger partial charge in [-0.3, -0.25) is 19.5 Å². The van der Waals surface area contributed by atoms with Gasteiger partial charge in [-0.05, 0) is 87.4 Å². The van der Waals surface area contributed by atoms with Crippen molar-refractivity contribution in [1.29, 1.82) is 0 Å². The molecule has 1 aromatic heterocycles. The topological polar surface area (TPSA) is 161 Å². The van der Waals surface area contributed by atoms with Crippen molar-refractivity contribution in [3.8, 4) is 0 Å². The predicted molar refractivity (Wildman–Crippen MR) is 223 cm³/mol. The number of aryl methyl sites for hydroxylation is 1. The quantitative estimate of drug-likeness (QED) is 0.165. The van der Waals surface area contributed by atoms with Crippen molar-refractivity contribution >= 4 is 40.8 Å². The van der Waals surface area contributed by atoms with E-state index in [2.05, 4.69) is 27.0 Å². The van der Waals surface area contributed by atoms with Crippen LogP contribution in [0.2, 0.25) is 0 Å². The maximum absolute atomic E-state index is 14.3. The minimum Gasteiger partial charge on any atom is -0.466 e. The number of ether oxygens (including phenoxy) is 2. The van der Waals surface area contributed by atoms with Crippen LogP contribution in [-0.2, 0) is 31.9 Å². The van der Waals surface area contributed by atoms with Crippen LogP contribution in [0, 0.1) is 6.92 Å². The number of nitrogens with one attached hydrogen (secondary N) is 2. The highest BCUT2D eigenvalue weighted by molar-refractivity contribution is 5.91. The maximum atomic E-state index is 14.3. The standard InChI is InChI=1S/C44H61N7O8/c1-3-4-5-8-27-57-39(52)16-19-47-17-12-34(13-18-47)48-23-25-49(26-24-48)41(53)38(30-32-28-31(2)40-37(29-32)58-43(55)46-40)59-44(56)50-20-14-35(15-21-50)51-22-11-33-9-6-7-10-36(33)45-42(51)54/h6-7,9-10,28-29,34-35,38H,3-5,8,11-27,30H2,1-2H3,(H,45,54)(H,46,55)/t38-/m1/s1. The lowest BCUT2D eigenvalue weighted by Crippen LogP contribution is -2.56. The molecule has 15 heteroatoms. The van der Waals surface area contributed by atoms with Gasteiger partial charge in [0, 0.05) is 76.5 Å². The second-order valence-corrected chi connectivity index (χ2v) is 16.6. The fraction of sp³-hybridized carbons (Fsp3) is 0.614. The molecule has 0 bridgehead atoms. The molecule has 0 unspecified atom stereocenters. The summed E-state index contributed by atoms with van der Waals surface area (Å²) in [7, 11) is 0. The van der Waals surface area contributed by atoms with Gasteiger partial charge < -0.3 is 38.8 Å². The van der Waals surface area contributed by atoms with Crippen molar-refractivity contribution in [3.63, 3.8) is 0 Å². The lowest BCUT2D eigenvalue weighted by Gasteiger charge is -2.43. The molecule has 0 radical (unpaired) electrons. The van der Waals surface area contributed by atoms with Gasteiger partial charge in [0.05, 0.1) is 18.5 Å². The van der Waals surface area contributed by atoms with Gasteiger partial charge >= 0.3 is 23.8 Å². The van der Waals surface area contributed by atoms with Crippen LogP contribution < -0.4 is 11.1 Å². The number of piperazine rings is 1. The lowest BCUT2D eigenvalue weighted by atomic mass is 10.0. The van der Waals surface area contributed by atoms with E-state index < -0.39 is 18.0 Å². The SMILES string of the molecule is CCCCCCOC(=O)CCN1CCC(N2CCN(C(=O)[C@@H](Cc3cc(C)c4[nH]c(=O)oc4c3)OC(=O)N3CCC(N4CCc5ccccc5NC4=O)CC3)CC2)CC1. The van der Waals surface area contributed by atoms with Crippen molar-refractivity contribution in [2.45, 2.75) is 103 Å². The summed E-state index contributed by atoms with van der Waals surface area (Å²) in [6.45, 7) is 11.0. The number of amides is 4. The number of likely N-dealkylation sites (tertiary alicyclic amines) is 2. The summed E-state index contributed by atoms with van der Waals surface area (Å²) in [6.07, 6.45) is 7.25. The molecule has 3 fully saturated rings. The summed E-state index contributed by atoms with van der Waals surface area (Å²) in [6, 6.07) is 11.7. The van der Waals surface area contributed by atoms with E-state index in [9.17, 15) is 24.0 Å². The molecule has 5 heterocycles. The van der Waals surface area contributed by atoms with Gasteiger partial charge in [-0.2, -0.15) is 0 Å². The number of benzene rings is 2. The first-order chi connectivity index (χ1) is 28.6. The van der Waals surface area contributed by atoms with Crippen LogP contribution in [0.3, 0.4) is 0 Å². The van der Waals surface area contributed by atoms with Crippen molar-refractivity contribution in [1.82, 2.24) is 29.5 Å². The van der Waals surface area contributed by atoms with Crippen molar-refractivity contribution in [2.75, 3.05) is 77.4 Å². The molecular formula is C44H61N7O8. The molecule has 320 valence electrons. The van der Waals surface area contributed by atoms with Crippen LogP contribution >= 0.6 is 0 Å². The molecule has 2 aromatic carbocycles. The number of aromatic amines is 1. The Hall–Kier alpha value is -4.89. The Kier molecular flexibility index (Phi) is 14.3. The fourth-order valence-corrected chi connectivity index (χ4v) is 9.16. The van der Waals surface area contributed by atoms with E-state index >= 15 is 0 Å². The largest absolute Gasteiger partial charge is 0.466 e. The Bertz CT molecular complexity index is 1970. The minimum absolute atomic E-state index is 0.0197. The minimum atomic E-state index is -1.07. The Morgan fingerprint density at radius 2 is 1.61 bits per heavy atom. The normalized spacial score (nSPS) is 19.3. The number of para-hydroxylation sites is 1. The molecule has 0 aliphatic carbocycles. The zero-order valence-corrected chi connectivity index (χ0v) is 34.8. The van der Waals surface area contributed by atoms with Crippen LogP contribution in [0.1, 0.15) is 81.4 Å². The zero-order chi connectivity index (χ0) is 41.3. The summed E-state index contributed by atoms with van der Waals surface area (Å²) in [4.78, 5) is 78.4. The summed E-state index contributed by atoms with van der Waals surface area (Å²) < 4.78 is 16.9. The molecule has 4 amide bonds. The van der Waals surface area contributed by atoms with Gasteiger partial charge in [0.25, 0.3) is 5.91 Å². The Labute approximate surface area is 346 Å². The molecule has 4 aliphatic heterocycles. The van der Waals surface area contributed by atoms with Crippen LogP contribution in [0.5, 0.6) is 0 Å². The highest BCUT2D eigenvalue weighted by Gasteiger charge is 2.36. The molecule has 2 N–H and O–H groups in total. The number of fused-ring (bicyclic) bond motifs is 2. The van der Waals surface area contributed by atoms with E-state index in [0.717, 1.165) is 87.1 Å². The number of esters is 1. The number of aromatic nitrogens is 1. The van der Waals surface area contributed by atoms with Gasteiger partial charge in [-0.1, -0.05) is 50.5 Å². The van der Waals surface area contributed by atoms with Gasteiger partial charge in [0.15, 0.2) is 11.7 Å². The number of nitrogens with zero attached hydrogens (tertiary/aromatic N) is 5. The van der Waals surface area contributed by atoms with Crippen LogP contribution in [0.15, 0.2) is 45.6 Å². The molecule has 0 saturated carbocycles. The van der Waals surface area contributed by atoms with E-state index in [1.165, 1.54) is 6.42 Å². The Morgan fingerprint density at radius 1 is 0.864 bits per heavy atom. The average molecular weight is 816 g/mol. The van der Waals surface area contributed by atoms with Crippen molar-refractivity contribution in [2.24, 2.45) is 0 Å². The number of carbonyl (C=O) groups is 4. The summed E-state index contributed by atoms with van der Waals surface area (Å²) in [5.41, 5.74) is 4.45. The zero-order valence-electron chi connectivity index (χ0n) is 34.8. The number of hydrogen-bond acceptors (Lipinski definition) is 10. The number of carbonyl (C=O) groups excluding carboxylic acids is 4. The number of rotatable bonds is 14. The molecule has 3 saturated heterocycles. The third-order valence-electron chi connectivity index (χ3n) is 12.6. The Balaban J connectivity index is 0.919. The van der Waals surface area contributed by atoms with E-state index in [4.69, 9.17) is 13.9 Å². The fourth-order valence-electron chi connectivity index (χ4n) is 9.16. The van der Waals surface area contributed by atoms with Crippen LogP contribution in [0.25, 0.3) is 11.1 Å². The smallest absolute Gasteiger partial charge is 0.417 e. The molecule has 59 heavy (non-hydrogen) atoms. The highest BCUT2D eigenvalue weighted by atomic mass is 16.6. The van der Waals surface area contributed by atoms with Crippen LogP contribution in [-0.4, -0.2) is 144 Å². The second kappa shape index (κ2) is 19.9. The number of hydrogen-bond donors (Lipinski definition) is 2. The van der Waals surface area contributed by atoms with E-state index in [0.29, 0.717) is 82.3 Å². The second-order valence-electron chi connectivity index (χ2n) is 16.6. The average Bonchev–Trinajstić information content (AvgIpc) is 3.55. The first-order valence-electron chi connectivity index (χ1n) is 21.8. The summed E-state index contributed by atoms with van der Waals surface area (Å²) >= 11 is 0. The first kappa shape index (κ1) is 42.2. The Morgan fingerprint density at radius 3 is 2.37 bits per heavy atom. The van der Waals surface area contributed by atoms with E-state index in [-0.39, 0.29) is 30.4 Å². The number of oxazole rings is 1. The van der Waals surface area contributed by atoms with E-state index in [1.54, 1.807) is 15.9 Å². The highest BCUT2D eigenvalue weighted by Crippen LogP contribution is 2.26. The number of anilines is 1. The van der Waals surface area contributed by atoms with Gasteiger partial charge in [0.1, 0.15) is 0 Å². The monoisotopic (exact) mass is 815 g/mol. The van der Waals surface area contributed by atoms with Crippen molar-refractivity contribution < 1.29 is 33.1 Å². The molecule has 4 aliphatic rings. The molecule has 3 aromatic rings. The van der Waals surface area contributed by atoms with Gasteiger partial charge in [-0.25, -0.2) is 14.4 Å². The molecule has 0 spiro atoms. The first-order valence-corrected chi connectivity index (χ1v) is 21.8. The summed E-state index contributed by atoms with van der Waals surface area (Å²) in [5.74, 6) is -0.911. The third-order valence-corrected chi connectivity index (χ3v) is 12.6. The van der Waals surface area contributed by atoms with Gasteiger partial charge in [-0.15, -0.1) is 0 Å². The number of unbranched alkanes of at least 4 members (excludes halogenated alkanes) is 3. The van der Waals surface area contributed by atoms with Crippen LogP contribution in [0.4, 0.5) is 15.3 Å².